The highest BCUT2D eigenvalue weighted by molar-refractivity contribution is 7.11. The average molecular weight is 348 g/mol. The largest absolute Gasteiger partial charge is 0.467 e. The Balaban J connectivity index is 1.72. The monoisotopic (exact) mass is 348 g/mol. The van der Waals surface area contributed by atoms with Gasteiger partial charge < -0.3 is 15.0 Å². The van der Waals surface area contributed by atoms with Crippen LogP contribution in [0.1, 0.15) is 40.5 Å². The molecular formula is C15H20N6O2S. The molecule has 128 valence electrons. The van der Waals surface area contributed by atoms with Gasteiger partial charge in [0.2, 0.25) is 5.95 Å². The highest BCUT2D eigenvalue weighted by atomic mass is 32.1. The number of rotatable bonds is 5. The third-order valence-electron chi connectivity index (χ3n) is 3.83. The van der Waals surface area contributed by atoms with Gasteiger partial charge in [0.25, 0.3) is 5.91 Å². The first-order valence-electron chi connectivity index (χ1n) is 7.89. The van der Waals surface area contributed by atoms with Gasteiger partial charge >= 0.3 is 6.01 Å². The third-order valence-corrected chi connectivity index (χ3v) is 4.76. The van der Waals surface area contributed by atoms with E-state index in [4.69, 9.17) is 4.74 Å². The number of carbonyl (C=O) groups excluding carboxylic acids is 1. The van der Waals surface area contributed by atoms with Crippen LogP contribution in [0.15, 0.2) is 5.51 Å². The number of hydrogen-bond donors (Lipinski definition) is 1. The molecule has 1 aliphatic rings. The summed E-state index contributed by atoms with van der Waals surface area (Å²) in [6.07, 6.45) is 3.49. The minimum absolute atomic E-state index is 0.172. The van der Waals surface area contributed by atoms with E-state index in [1.165, 1.54) is 24.9 Å². The van der Waals surface area contributed by atoms with Gasteiger partial charge in [-0.1, -0.05) is 0 Å². The SMILES string of the molecule is COc1nc(CNC(=O)c2scnc2C)nc(N2CCCCC2)n1. The van der Waals surface area contributed by atoms with Gasteiger partial charge in [0.15, 0.2) is 5.82 Å². The molecule has 0 atom stereocenters. The third kappa shape index (κ3) is 3.78. The van der Waals surface area contributed by atoms with Crippen molar-refractivity contribution in [3.8, 4) is 6.01 Å². The number of aromatic nitrogens is 4. The maximum atomic E-state index is 12.2. The molecule has 8 nitrogen and oxygen atoms in total. The van der Waals surface area contributed by atoms with Crippen LogP contribution in [0, 0.1) is 6.92 Å². The molecule has 1 saturated heterocycles. The summed E-state index contributed by atoms with van der Waals surface area (Å²) in [5, 5.41) is 2.83. The van der Waals surface area contributed by atoms with Crippen LogP contribution in [0.5, 0.6) is 6.01 Å². The molecule has 3 rings (SSSR count). The zero-order valence-corrected chi connectivity index (χ0v) is 14.6. The summed E-state index contributed by atoms with van der Waals surface area (Å²) < 4.78 is 5.17. The molecular weight excluding hydrogens is 328 g/mol. The van der Waals surface area contributed by atoms with E-state index in [-0.39, 0.29) is 18.5 Å². The predicted octanol–water partition coefficient (Wildman–Crippen LogP) is 1.57. The van der Waals surface area contributed by atoms with E-state index in [1.807, 2.05) is 6.92 Å². The molecule has 2 aromatic heterocycles. The average Bonchev–Trinajstić information content (AvgIpc) is 3.06. The lowest BCUT2D eigenvalue weighted by Crippen LogP contribution is -2.32. The predicted molar refractivity (Wildman–Crippen MR) is 90.5 cm³/mol. The standard InChI is InChI=1S/C15H20N6O2S/c1-10-12(24-9-17-10)13(22)16-8-11-18-14(20-15(19-11)23-2)21-6-4-3-5-7-21/h9H,3-8H2,1-2H3,(H,16,22). The van der Waals surface area contributed by atoms with Gasteiger partial charge in [-0.2, -0.15) is 15.0 Å². The van der Waals surface area contributed by atoms with Gasteiger partial charge in [-0.3, -0.25) is 4.79 Å². The van der Waals surface area contributed by atoms with Gasteiger partial charge in [0.1, 0.15) is 4.88 Å². The molecule has 0 aliphatic carbocycles. The van der Waals surface area contributed by atoms with Gasteiger partial charge in [-0.25, -0.2) is 4.98 Å². The highest BCUT2D eigenvalue weighted by Crippen LogP contribution is 2.18. The molecule has 24 heavy (non-hydrogen) atoms. The molecule has 3 heterocycles. The van der Waals surface area contributed by atoms with Gasteiger partial charge in [-0.05, 0) is 26.2 Å². The molecule has 0 aromatic carbocycles. The summed E-state index contributed by atoms with van der Waals surface area (Å²) in [6, 6.07) is 0.267. The summed E-state index contributed by atoms with van der Waals surface area (Å²) in [5.74, 6) is 0.923. The fourth-order valence-corrected chi connectivity index (χ4v) is 3.27. The molecule has 1 amide bonds. The number of hydrogen-bond acceptors (Lipinski definition) is 8. The summed E-state index contributed by atoms with van der Waals surface area (Å²) in [5.41, 5.74) is 2.38. The summed E-state index contributed by atoms with van der Waals surface area (Å²) in [6.45, 7) is 3.89. The Hall–Kier alpha value is -2.29. The summed E-state index contributed by atoms with van der Waals surface area (Å²) >= 11 is 1.32. The fraction of sp³-hybridized carbons (Fsp3) is 0.533. The number of methoxy groups -OCH3 is 1. The molecule has 2 aromatic rings. The number of piperidine rings is 1. The number of amides is 1. The van der Waals surface area contributed by atoms with Crippen molar-refractivity contribution < 1.29 is 9.53 Å². The lowest BCUT2D eigenvalue weighted by atomic mass is 10.1. The Morgan fingerprint density at radius 3 is 2.75 bits per heavy atom. The van der Waals surface area contributed by atoms with E-state index in [0.29, 0.717) is 16.6 Å². The number of aryl methyl sites for hydroxylation is 1. The number of thiazole rings is 1. The second-order valence-corrected chi connectivity index (χ2v) is 6.39. The number of nitrogens with zero attached hydrogens (tertiary/aromatic N) is 5. The van der Waals surface area contributed by atoms with Gasteiger partial charge in [0.05, 0.1) is 24.9 Å². The smallest absolute Gasteiger partial charge is 0.321 e. The highest BCUT2D eigenvalue weighted by Gasteiger charge is 2.17. The van der Waals surface area contributed by atoms with E-state index in [0.717, 1.165) is 31.6 Å². The first-order chi connectivity index (χ1) is 11.7. The fourth-order valence-electron chi connectivity index (χ4n) is 2.55. The molecule has 1 aliphatic heterocycles. The number of ether oxygens (including phenoxy) is 1. The van der Waals surface area contributed by atoms with Crippen LogP contribution in [0.3, 0.4) is 0 Å². The Bertz CT molecular complexity index is 714. The summed E-state index contributed by atoms with van der Waals surface area (Å²) in [4.78, 5) is 32.0. The van der Waals surface area contributed by atoms with Crippen molar-refractivity contribution in [1.82, 2.24) is 25.3 Å². The molecule has 0 spiro atoms. The lowest BCUT2D eigenvalue weighted by molar-refractivity contribution is 0.0953. The Labute approximate surface area is 144 Å². The van der Waals surface area contributed by atoms with Gasteiger partial charge in [0, 0.05) is 13.1 Å². The van der Waals surface area contributed by atoms with E-state index in [1.54, 1.807) is 5.51 Å². The van der Waals surface area contributed by atoms with Crippen LogP contribution >= 0.6 is 11.3 Å². The molecule has 1 fully saturated rings. The van der Waals surface area contributed by atoms with Crippen molar-refractivity contribution in [3.05, 3.63) is 21.9 Å². The Morgan fingerprint density at radius 1 is 1.29 bits per heavy atom. The van der Waals surface area contributed by atoms with E-state index >= 15 is 0 Å². The number of nitrogens with one attached hydrogen (secondary N) is 1. The van der Waals surface area contributed by atoms with Crippen LogP contribution in [0.2, 0.25) is 0 Å². The van der Waals surface area contributed by atoms with Crippen molar-refractivity contribution in [1.29, 1.82) is 0 Å². The zero-order chi connectivity index (χ0) is 16.9. The van der Waals surface area contributed by atoms with E-state index < -0.39 is 0 Å². The Kier molecular flexibility index (Phi) is 5.19. The van der Waals surface area contributed by atoms with Crippen LogP contribution < -0.4 is 15.0 Å². The quantitative estimate of drug-likeness (QED) is 0.876. The summed E-state index contributed by atoms with van der Waals surface area (Å²) in [7, 11) is 1.53. The normalized spacial score (nSPS) is 14.5. The molecule has 9 heteroatoms. The first-order valence-corrected chi connectivity index (χ1v) is 8.77. The lowest BCUT2D eigenvalue weighted by Gasteiger charge is -2.26. The second kappa shape index (κ2) is 7.52. The Morgan fingerprint density at radius 2 is 2.08 bits per heavy atom. The van der Waals surface area contributed by atoms with Crippen molar-refractivity contribution in [2.45, 2.75) is 32.7 Å². The van der Waals surface area contributed by atoms with Crippen molar-refractivity contribution in [2.75, 3.05) is 25.1 Å². The maximum absolute atomic E-state index is 12.2. The molecule has 0 unspecified atom stereocenters. The van der Waals surface area contributed by atoms with E-state index in [2.05, 4.69) is 30.2 Å². The minimum atomic E-state index is -0.172. The van der Waals surface area contributed by atoms with Crippen molar-refractivity contribution in [2.24, 2.45) is 0 Å². The van der Waals surface area contributed by atoms with Gasteiger partial charge in [-0.15, -0.1) is 11.3 Å². The molecule has 0 radical (unpaired) electrons. The zero-order valence-electron chi connectivity index (χ0n) is 13.8. The van der Waals surface area contributed by atoms with Crippen molar-refractivity contribution in [3.63, 3.8) is 0 Å². The topological polar surface area (TPSA) is 93.1 Å². The molecule has 1 N–H and O–H groups in total. The number of anilines is 1. The van der Waals surface area contributed by atoms with E-state index in [9.17, 15) is 4.79 Å². The first kappa shape index (κ1) is 16.6. The van der Waals surface area contributed by atoms with Crippen LogP contribution in [-0.4, -0.2) is 46.0 Å². The second-order valence-electron chi connectivity index (χ2n) is 5.54. The van der Waals surface area contributed by atoms with Crippen LogP contribution in [0.4, 0.5) is 5.95 Å². The number of carbonyl (C=O) groups is 1. The van der Waals surface area contributed by atoms with Crippen molar-refractivity contribution >= 4 is 23.2 Å². The van der Waals surface area contributed by atoms with Crippen LogP contribution in [-0.2, 0) is 6.54 Å². The molecule has 0 saturated carbocycles. The minimum Gasteiger partial charge on any atom is -0.467 e. The van der Waals surface area contributed by atoms with Crippen LogP contribution in [0.25, 0.3) is 0 Å². The maximum Gasteiger partial charge on any atom is 0.321 e. The molecule has 0 bridgehead atoms.